The third kappa shape index (κ3) is 5.10. The van der Waals surface area contributed by atoms with E-state index in [1.807, 2.05) is 44.3 Å². The second-order valence-electron chi connectivity index (χ2n) is 5.63. The number of nitrogens with one attached hydrogen (secondary N) is 3. The molecule has 1 aromatic heterocycles. The van der Waals surface area contributed by atoms with E-state index in [1.54, 1.807) is 0 Å². The van der Waals surface area contributed by atoms with Crippen LogP contribution in [-0.4, -0.2) is 34.4 Å². The van der Waals surface area contributed by atoms with Crippen LogP contribution in [-0.2, 0) is 6.42 Å². The van der Waals surface area contributed by atoms with Gasteiger partial charge in [-0.05, 0) is 43.4 Å². The van der Waals surface area contributed by atoms with Gasteiger partial charge in [-0.25, -0.2) is 4.79 Å². The summed E-state index contributed by atoms with van der Waals surface area (Å²) in [7, 11) is 0. The van der Waals surface area contributed by atoms with Gasteiger partial charge in [-0.2, -0.15) is 5.10 Å². The Bertz CT molecular complexity index is 639. The highest BCUT2D eigenvalue weighted by Crippen LogP contribution is 2.16. The highest BCUT2D eigenvalue weighted by molar-refractivity contribution is 5.73. The maximum atomic E-state index is 11.7. The lowest BCUT2D eigenvalue weighted by Crippen LogP contribution is -2.38. The van der Waals surface area contributed by atoms with Crippen molar-refractivity contribution >= 4 is 6.03 Å². The van der Waals surface area contributed by atoms with Crippen LogP contribution in [0.4, 0.5) is 4.79 Å². The van der Waals surface area contributed by atoms with Crippen molar-refractivity contribution in [2.24, 2.45) is 0 Å². The summed E-state index contributed by atoms with van der Waals surface area (Å²) in [6.45, 7) is 4.69. The van der Waals surface area contributed by atoms with E-state index < -0.39 is 6.10 Å². The molecule has 0 fully saturated rings. The Labute approximate surface area is 136 Å². The highest BCUT2D eigenvalue weighted by atomic mass is 16.3. The number of hydrogen-bond donors (Lipinski definition) is 4. The third-order valence-corrected chi connectivity index (χ3v) is 3.85. The van der Waals surface area contributed by atoms with Gasteiger partial charge in [-0.1, -0.05) is 24.3 Å². The van der Waals surface area contributed by atoms with Gasteiger partial charge in [0.2, 0.25) is 0 Å². The largest absolute Gasteiger partial charge is 0.387 e. The van der Waals surface area contributed by atoms with Crippen molar-refractivity contribution in [2.75, 3.05) is 13.1 Å². The minimum Gasteiger partial charge on any atom is -0.387 e. The summed E-state index contributed by atoms with van der Waals surface area (Å²) < 4.78 is 0. The standard InChI is InChI=1S/C17H24N4O2/c1-12-6-3-4-8-15(12)16(22)11-19-17(23)18-9-5-7-14-10-20-21-13(14)2/h3-4,6,8,10,16,22H,5,7,9,11H2,1-2H3,(H,20,21)(H2,18,19,23). The number of carbonyl (C=O) groups excluding carboxylic acids is 1. The van der Waals surface area contributed by atoms with Gasteiger partial charge in [-0.15, -0.1) is 0 Å². The van der Waals surface area contributed by atoms with Crippen LogP contribution in [0.5, 0.6) is 0 Å². The zero-order chi connectivity index (χ0) is 16.7. The van der Waals surface area contributed by atoms with Crippen LogP contribution < -0.4 is 10.6 Å². The summed E-state index contributed by atoms with van der Waals surface area (Å²) in [6, 6.07) is 7.35. The number of carbonyl (C=O) groups is 1. The third-order valence-electron chi connectivity index (χ3n) is 3.85. The Morgan fingerprint density at radius 3 is 2.78 bits per heavy atom. The fourth-order valence-corrected chi connectivity index (χ4v) is 2.43. The van der Waals surface area contributed by atoms with Crippen molar-refractivity contribution in [1.29, 1.82) is 0 Å². The van der Waals surface area contributed by atoms with Gasteiger partial charge in [-0.3, -0.25) is 5.10 Å². The maximum Gasteiger partial charge on any atom is 0.314 e. The molecule has 0 aliphatic rings. The molecule has 2 rings (SSSR count). The molecule has 0 bridgehead atoms. The van der Waals surface area contributed by atoms with Gasteiger partial charge in [0.25, 0.3) is 0 Å². The number of nitrogens with zero attached hydrogens (tertiary/aromatic N) is 1. The van der Waals surface area contributed by atoms with Crippen LogP contribution in [0.1, 0.15) is 34.9 Å². The Balaban J connectivity index is 1.65. The molecule has 4 N–H and O–H groups in total. The van der Waals surface area contributed by atoms with Gasteiger partial charge in [0.05, 0.1) is 12.3 Å². The predicted molar refractivity (Wildman–Crippen MR) is 89.2 cm³/mol. The molecule has 2 amide bonds. The number of aliphatic hydroxyl groups is 1. The molecule has 0 aliphatic heterocycles. The fraction of sp³-hybridized carbons (Fsp3) is 0.412. The normalized spacial score (nSPS) is 12.0. The summed E-state index contributed by atoms with van der Waals surface area (Å²) in [5, 5.41) is 22.5. The van der Waals surface area contributed by atoms with Crippen molar-refractivity contribution in [1.82, 2.24) is 20.8 Å². The number of benzene rings is 1. The average molecular weight is 316 g/mol. The second kappa shape index (κ2) is 8.33. The molecule has 0 saturated carbocycles. The fourth-order valence-electron chi connectivity index (χ4n) is 2.43. The molecule has 1 unspecified atom stereocenters. The summed E-state index contributed by atoms with van der Waals surface area (Å²) in [4.78, 5) is 11.7. The lowest BCUT2D eigenvalue weighted by Gasteiger charge is -2.15. The number of aromatic amines is 1. The van der Waals surface area contributed by atoms with Crippen LogP contribution >= 0.6 is 0 Å². The van der Waals surface area contributed by atoms with E-state index in [1.165, 1.54) is 5.56 Å². The van der Waals surface area contributed by atoms with Crippen LogP contribution in [0.2, 0.25) is 0 Å². The van der Waals surface area contributed by atoms with Crippen LogP contribution in [0.3, 0.4) is 0 Å². The summed E-state index contributed by atoms with van der Waals surface area (Å²) in [5.41, 5.74) is 4.08. The Kier molecular flexibility index (Phi) is 6.17. The molecule has 0 radical (unpaired) electrons. The highest BCUT2D eigenvalue weighted by Gasteiger charge is 2.11. The maximum absolute atomic E-state index is 11.7. The number of urea groups is 1. The minimum atomic E-state index is -0.699. The van der Waals surface area contributed by atoms with Gasteiger partial charge in [0.15, 0.2) is 0 Å². The smallest absolute Gasteiger partial charge is 0.314 e. The molecular weight excluding hydrogens is 292 g/mol. The Hall–Kier alpha value is -2.34. The minimum absolute atomic E-state index is 0.192. The summed E-state index contributed by atoms with van der Waals surface area (Å²) >= 11 is 0. The monoisotopic (exact) mass is 316 g/mol. The topological polar surface area (TPSA) is 90.0 Å². The van der Waals surface area contributed by atoms with E-state index in [0.29, 0.717) is 6.54 Å². The predicted octanol–water partition coefficient (Wildman–Crippen LogP) is 1.99. The van der Waals surface area contributed by atoms with Crippen molar-refractivity contribution in [3.05, 3.63) is 52.8 Å². The average Bonchev–Trinajstić information content (AvgIpc) is 2.95. The Morgan fingerprint density at radius 2 is 2.09 bits per heavy atom. The molecule has 0 saturated heterocycles. The zero-order valence-corrected chi connectivity index (χ0v) is 13.6. The summed E-state index contributed by atoms with van der Waals surface area (Å²) in [6.07, 6.45) is 2.83. The molecule has 0 aliphatic carbocycles. The Morgan fingerprint density at radius 1 is 1.30 bits per heavy atom. The molecule has 0 spiro atoms. The first-order chi connectivity index (χ1) is 11.1. The number of amides is 2. The van der Waals surface area contributed by atoms with Gasteiger partial charge >= 0.3 is 6.03 Å². The van der Waals surface area contributed by atoms with Crippen LogP contribution in [0, 0.1) is 13.8 Å². The van der Waals surface area contributed by atoms with E-state index in [4.69, 9.17) is 0 Å². The number of aromatic nitrogens is 2. The zero-order valence-electron chi connectivity index (χ0n) is 13.6. The molecule has 6 nitrogen and oxygen atoms in total. The van der Waals surface area contributed by atoms with Crippen molar-refractivity contribution in [2.45, 2.75) is 32.8 Å². The lowest BCUT2D eigenvalue weighted by molar-refractivity contribution is 0.172. The van der Waals surface area contributed by atoms with E-state index in [9.17, 15) is 9.90 Å². The first-order valence-electron chi connectivity index (χ1n) is 7.82. The van der Waals surface area contributed by atoms with Crippen molar-refractivity contribution in [3.8, 4) is 0 Å². The number of aliphatic hydroxyl groups excluding tert-OH is 1. The molecule has 6 heteroatoms. The lowest BCUT2D eigenvalue weighted by atomic mass is 10.0. The van der Waals surface area contributed by atoms with E-state index in [-0.39, 0.29) is 12.6 Å². The molecule has 1 atom stereocenters. The van der Waals surface area contributed by atoms with E-state index >= 15 is 0 Å². The van der Waals surface area contributed by atoms with E-state index in [2.05, 4.69) is 20.8 Å². The number of hydrogen-bond acceptors (Lipinski definition) is 3. The van der Waals surface area contributed by atoms with E-state index in [0.717, 1.165) is 29.7 Å². The second-order valence-corrected chi connectivity index (χ2v) is 5.63. The number of aryl methyl sites for hydroxylation is 3. The molecule has 2 aromatic rings. The van der Waals surface area contributed by atoms with Crippen LogP contribution in [0.25, 0.3) is 0 Å². The SMILES string of the molecule is Cc1ccccc1C(O)CNC(=O)NCCCc1cn[nH]c1C. The molecule has 23 heavy (non-hydrogen) atoms. The molecule has 1 aromatic carbocycles. The molecule has 124 valence electrons. The quantitative estimate of drug-likeness (QED) is 0.589. The van der Waals surface area contributed by atoms with Gasteiger partial charge < -0.3 is 15.7 Å². The van der Waals surface area contributed by atoms with Crippen molar-refractivity contribution < 1.29 is 9.90 Å². The first kappa shape index (κ1) is 17.0. The van der Waals surface area contributed by atoms with Gasteiger partial charge in [0, 0.05) is 18.8 Å². The number of H-pyrrole nitrogens is 1. The van der Waals surface area contributed by atoms with Crippen molar-refractivity contribution in [3.63, 3.8) is 0 Å². The first-order valence-corrected chi connectivity index (χ1v) is 7.82. The van der Waals surface area contributed by atoms with Crippen LogP contribution in [0.15, 0.2) is 30.5 Å². The molecule has 1 heterocycles. The summed E-state index contributed by atoms with van der Waals surface area (Å²) in [5.74, 6) is 0. The number of rotatable bonds is 7. The molecular formula is C17H24N4O2. The van der Waals surface area contributed by atoms with Gasteiger partial charge in [0.1, 0.15) is 0 Å².